The summed E-state index contributed by atoms with van der Waals surface area (Å²) >= 11 is 0. The Hall–Kier alpha value is -0.530. The van der Waals surface area contributed by atoms with Gasteiger partial charge in [-0.15, -0.1) is 24.0 Å². The molecule has 0 unspecified atom stereocenters. The number of guanidine groups is 1. The molecule has 1 fully saturated rings. The van der Waals surface area contributed by atoms with Crippen LogP contribution >= 0.6 is 24.0 Å². The van der Waals surface area contributed by atoms with Crippen molar-refractivity contribution in [2.75, 3.05) is 27.2 Å². The number of aliphatic imine (C=N–C) groups is 1. The van der Waals surface area contributed by atoms with E-state index in [9.17, 15) is 4.79 Å². The molecule has 0 saturated heterocycles. The van der Waals surface area contributed by atoms with Gasteiger partial charge in [0, 0.05) is 26.6 Å². The third-order valence-electron chi connectivity index (χ3n) is 4.69. The lowest BCUT2D eigenvalue weighted by atomic mass is 9.78. The number of carbonyl (C=O) groups is 1. The van der Waals surface area contributed by atoms with Crippen molar-refractivity contribution in [1.82, 2.24) is 10.6 Å². The first-order chi connectivity index (χ1) is 11.0. The van der Waals surface area contributed by atoms with Gasteiger partial charge in [0.15, 0.2) is 5.96 Å². The molecule has 142 valence electrons. The minimum Gasteiger partial charge on any atom is -0.469 e. The molecular weight excluding hydrogens is 417 g/mol. The molecular formula is C18H36IN3O2. The van der Waals surface area contributed by atoms with Gasteiger partial charge in [0.25, 0.3) is 0 Å². The molecule has 1 aliphatic rings. The molecule has 5 nitrogen and oxygen atoms in total. The van der Waals surface area contributed by atoms with Crippen LogP contribution in [0.2, 0.25) is 0 Å². The van der Waals surface area contributed by atoms with Crippen LogP contribution in [-0.4, -0.2) is 39.2 Å². The van der Waals surface area contributed by atoms with Crippen LogP contribution in [0.5, 0.6) is 0 Å². The maximum atomic E-state index is 11.1. The Morgan fingerprint density at radius 2 is 1.88 bits per heavy atom. The molecule has 1 saturated carbocycles. The Labute approximate surface area is 164 Å². The Morgan fingerprint density at radius 3 is 2.42 bits per heavy atom. The quantitative estimate of drug-likeness (QED) is 0.184. The van der Waals surface area contributed by atoms with Gasteiger partial charge < -0.3 is 15.4 Å². The lowest BCUT2D eigenvalue weighted by Crippen LogP contribution is -2.43. The number of rotatable bonds is 9. The number of unbranched alkanes of at least 4 members (excludes halogenated alkanes) is 1. The average molecular weight is 453 g/mol. The molecule has 0 aromatic rings. The number of halogens is 1. The smallest absolute Gasteiger partial charge is 0.305 e. The van der Waals surface area contributed by atoms with Crippen molar-refractivity contribution in [2.24, 2.45) is 16.3 Å². The second kappa shape index (κ2) is 12.8. The summed E-state index contributed by atoms with van der Waals surface area (Å²) in [6, 6.07) is 0. The third kappa shape index (κ3) is 9.08. The largest absolute Gasteiger partial charge is 0.469 e. The molecule has 0 aromatic heterocycles. The summed E-state index contributed by atoms with van der Waals surface area (Å²) < 4.78 is 4.64. The Kier molecular flexibility index (Phi) is 12.5. The highest BCUT2D eigenvalue weighted by Gasteiger charge is 2.34. The van der Waals surface area contributed by atoms with Gasteiger partial charge in [-0.2, -0.15) is 0 Å². The zero-order chi connectivity index (χ0) is 17.1. The summed E-state index contributed by atoms with van der Waals surface area (Å²) in [6.45, 7) is 6.46. The molecule has 6 heteroatoms. The molecule has 0 aromatic carbocycles. The normalized spacial score (nSPS) is 16.6. The number of carbonyl (C=O) groups excluding carboxylic acids is 1. The molecule has 0 spiro atoms. The van der Waals surface area contributed by atoms with Gasteiger partial charge in [0.1, 0.15) is 0 Å². The van der Waals surface area contributed by atoms with Crippen LogP contribution in [0.15, 0.2) is 4.99 Å². The third-order valence-corrected chi connectivity index (χ3v) is 4.69. The average Bonchev–Trinajstić information content (AvgIpc) is 2.97. The molecule has 24 heavy (non-hydrogen) atoms. The van der Waals surface area contributed by atoms with Gasteiger partial charge >= 0.3 is 5.97 Å². The van der Waals surface area contributed by atoms with E-state index >= 15 is 0 Å². The monoisotopic (exact) mass is 453 g/mol. The number of nitrogens with one attached hydrogen (secondary N) is 2. The first kappa shape index (κ1) is 23.5. The first-order valence-electron chi connectivity index (χ1n) is 9.03. The van der Waals surface area contributed by atoms with Crippen molar-refractivity contribution in [3.05, 3.63) is 0 Å². The van der Waals surface area contributed by atoms with Gasteiger partial charge in [-0.1, -0.05) is 26.7 Å². The van der Waals surface area contributed by atoms with Gasteiger partial charge in [0.2, 0.25) is 0 Å². The Morgan fingerprint density at radius 1 is 1.21 bits per heavy atom. The first-order valence-corrected chi connectivity index (χ1v) is 9.03. The van der Waals surface area contributed by atoms with E-state index in [0.717, 1.165) is 37.8 Å². The molecule has 0 amide bonds. The second-order valence-corrected chi connectivity index (χ2v) is 7.19. The predicted octanol–water partition coefficient (Wildman–Crippen LogP) is 3.72. The van der Waals surface area contributed by atoms with Gasteiger partial charge in [-0.25, -0.2) is 0 Å². The van der Waals surface area contributed by atoms with Crippen LogP contribution in [0.1, 0.15) is 65.2 Å². The van der Waals surface area contributed by atoms with E-state index in [2.05, 4.69) is 34.2 Å². The van der Waals surface area contributed by atoms with Crippen LogP contribution in [-0.2, 0) is 9.53 Å². The molecule has 0 aliphatic heterocycles. The van der Waals surface area contributed by atoms with Crippen LogP contribution in [0, 0.1) is 11.3 Å². The van der Waals surface area contributed by atoms with Crippen molar-refractivity contribution in [1.29, 1.82) is 0 Å². The van der Waals surface area contributed by atoms with E-state index in [1.165, 1.54) is 39.2 Å². The lowest BCUT2D eigenvalue weighted by molar-refractivity contribution is -0.140. The fraction of sp³-hybridized carbons (Fsp3) is 0.889. The molecule has 1 aliphatic carbocycles. The van der Waals surface area contributed by atoms with Crippen molar-refractivity contribution in [3.8, 4) is 0 Å². The molecule has 0 atom stereocenters. The molecule has 0 radical (unpaired) electrons. The molecule has 1 rings (SSSR count). The van der Waals surface area contributed by atoms with Gasteiger partial charge in [-0.3, -0.25) is 9.79 Å². The molecule has 2 N–H and O–H groups in total. The van der Waals surface area contributed by atoms with Crippen molar-refractivity contribution in [3.63, 3.8) is 0 Å². The lowest BCUT2D eigenvalue weighted by Gasteiger charge is -2.31. The zero-order valence-electron chi connectivity index (χ0n) is 15.8. The molecule has 0 bridgehead atoms. The van der Waals surface area contributed by atoms with E-state index in [1.807, 2.05) is 7.05 Å². The Bertz CT molecular complexity index is 380. The number of ether oxygens (including phenoxy) is 1. The number of hydrogen-bond acceptors (Lipinski definition) is 3. The number of esters is 1. The summed E-state index contributed by atoms with van der Waals surface area (Å²) in [7, 11) is 3.25. The van der Waals surface area contributed by atoms with E-state index in [4.69, 9.17) is 0 Å². The van der Waals surface area contributed by atoms with Crippen molar-refractivity contribution >= 4 is 35.9 Å². The van der Waals surface area contributed by atoms with Gasteiger partial charge in [-0.05, 0) is 43.4 Å². The highest BCUT2D eigenvalue weighted by molar-refractivity contribution is 14.0. The SMILES string of the molecule is CN=C(NCCCCC(=O)OC)NCC1(CC(C)C)CCCC1.I. The minimum atomic E-state index is -0.135. The van der Waals surface area contributed by atoms with Crippen molar-refractivity contribution in [2.45, 2.75) is 65.2 Å². The van der Waals surface area contributed by atoms with Crippen LogP contribution in [0.25, 0.3) is 0 Å². The van der Waals surface area contributed by atoms with E-state index in [-0.39, 0.29) is 29.9 Å². The summed E-state index contributed by atoms with van der Waals surface area (Å²) in [5.41, 5.74) is 0.441. The predicted molar refractivity (Wildman–Crippen MR) is 111 cm³/mol. The standard InChI is InChI=1S/C18H35N3O2.HI/c1-15(2)13-18(10-6-7-11-18)14-21-17(19-3)20-12-8-5-9-16(22)23-4;/h15H,5-14H2,1-4H3,(H2,19,20,21);1H. The number of methoxy groups -OCH3 is 1. The summed E-state index contributed by atoms with van der Waals surface area (Å²) in [5, 5.41) is 6.86. The van der Waals surface area contributed by atoms with Gasteiger partial charge in [0.05, 0.1) is 7.11 Å². The maximum absolute atomic E-state index is 11.1. The topological polar surface area (TPSA) is 62.7 Å². The summed E-state index contributed by atoms with van der Waals surface area (Å²) in [4.78, 5) is 15.4. The summed E-state index contributed by atoms with van der Waals surface area (Å²) in [5.74, 6) is 1.48. The Balaban J connectivity index is 0.00000529. The highest BCUT2D eigenvalue weighted by atomic mass is 127. The second-order valence-electron chi connectivity index (χ2n) is 7.19. The van der Waals surface area contributed by atoms with Crippen LogP contribution < -0.4 is 10.6 Å². The van der Waals surface area contributed by atoms with E-state index < -0.39 is 0 Å². The summed E-state index contributed by atoms with van der Waals surface area (Å²) in [6.07, 6.45) is 8.92. The van der Waals surface area contributed by atoms with E-state index in [1.54, 1.807) is 0 Å². The van der Waals surface area contributed by atoms with E-state index in [0.29, 0.717) is 11.8 Å². The fourth-order valence-electron chi connectivity index (χ4n) is 3.64. The van der Waals surface area contributed by atoms with Crippen LogP contribution in [0.3, 0.4) is 0 Å². The minimum absolute atomic E-state index is 0. The van der Waals surface area contributed by atoms with Crippen molar-refractivity contribution < 1.29 is 9.53 Å². The highest BCUT2D eigenvalue weighted by Crippen LogP contribution is 2.42. The number of nitrogens with zero attached hydrogens (tertiary/aromatic N) is 1. The van der Waals surface area contributed by atoms with Crippen LogP contribution in [0.4, 0.5) is 0 Å². The zero-order valence-corrected chi connectivity index (χ0v) is 18.2. The fourth-order valence-corrected chi connectivity index (χ4v) is 3.64. The number of hydrogen-bond donors (Lipinski definition) is 2. The maximum Gasteiger partial charge on any atom is 0.305 e. The molecule has 0 heterocycles.